The van der Waals surface area contributed by atoms with E-state index in [0.29, 0.717) is 34.8 Å². The monoisotopic (exact) mass is 443 g/mol. The molecule has 2 N–H and O–H groups in total. The Bertz CT molecular complexity index is 859. The number of methoxy groups -OCH3 is 1. The molecule has 0 saturated carbocycles. The van der Waals surface area contributed by atoms with Gasteiger partial charge in [-0.2, -0.15) is 0 Å². The minimum absolute atomic E-state index is 0.155. The molecule has 1 saturated heterocycles. The second kappa shape index (κ2) is 11.4. The lowest BCUT2D eigenvalue weighted by Gasteiger charge is -2.25. The molecule has 0 unspecified atom stereocenters. The van der Waals surface area contributed by atoms with Crippen LogP contribution in [0.2, 0.25) is 5.02 Å². The summed E-state index contributed by atoms with van der Waals surface area (Å²) < 4.78 is 5.43. The third-order valence-corrected chi connectivity index (χ3v) is 6.42. The highest BCUT2D eigenvalue weighted by atomic mass is 35.5. The van der Waals surface area contributed by atoms with Crippen LogP contribution in [0.3, 0.4) is 0 Å². The highest BCUT2D eigenvalue weighted by molar-refractivity contribution is 6.33. The molecule has 0 radical (unpaired) electrons. The van der Waals surface area contributed by atoms with E-state index in [1.807, 2.05) is 6.07 Å². The van der Waals surface area contributed by atoms with Gasteiger partial charge in [-0.05, 0) is 30.4 Å². The average molecular weight is 444 g/mol. The first-order chi connectivity index (χ1) is 15.0. The van der Waals surface area contributed by atoms with E-state index in [0.717, 1.165) is 25.2 Å². The standard InChI is InChI=1S/C25H34ClN3O2/c1-4-5-9-19-12-20(29(17-19)16-18-10-7-6-8-11-18)15-28-25(30)21-13-22(26)23(27-2)14-24(21)31-3/h6-8,10-11,13-14,19-20,27H,4-5,9,12,15-17H2,1-3H3,(H,28,30)/t19-,20+/m1/s1. The SMILES string of the molecule is CCCC[C@@H]1C[C@@H](CNC(=O)c2cc(Cl)c(NC)cc2OC)N(Cc2ccccc2)C1. The second-order valence-electron chi connectivity index (χ2n) is 8.31. The fourth-order valence-electron chi connectivity index (χ4n) is 4.41. The summed E-state index contributed by atoms with van der Waals surface area (Å²) >= 11 is 6.30. The summed E-state index contributed by atoms with van der Waals surface area (Å²) in [5, 5.41) is 6.65. The maximum atomic E-state index is 13.0. The number of carbonyl (C=O) groups is 1. The van der Waals surface area contributed by atoms with Gasteiger partial charge >= 0.3 is 0 Å². The number of nitrogens with one attached hydrogen (secondary N) is 2. The summed E-state index contributed by atoms with van der Waals surface area (Å²) in [5.74, 6) is 1.04. The van der Waals surface area contributed by atoms with Crippen LogP contribution >= 0.6 is 11.6 Å². The molecule has 0 aliphatic carbocycles. The molecule has 3 rings (SSSR count). The lowest BCUT2D eigenvalue weighted by Crippen LogP contribution is -2.39. The van der Waals surface area contributed by atoms with Gasteiger partial charge in [-0.3, -0.25) is 9.69 Å². The van der Waals surface area contributed by atoms with Crippen molar-refractivity contribution in [3.63, 3.8) is 0 Å². The van der Waals surface area contributed by atoms with Crippen LogP contribution in [0.25, 0.3) is 0 Å². The van der Waals surface area contributed by atoms with Crippen LogP contribution < -0.4 is 15.4 Å². The molecule has 2 aromatic rings. The van der Waals surface area contributed by atoms with Gasteiger partial charge in [0.1, 0.15) is 5.75 Å². The number of benzene rings is 2. The van der Waals surface area contributed by atoms with Crippen LogP contribution in [-0.2, 0) is 6.54 Å². The second-order valence-corrected chi connectivity index (χ2v) is 8.71. The first-order valence-corrected chi connectivity index (χ1v) is 11.5. The van der Waals surface area contributed by atoms with Gasteiger partial charge in [-0.15, -0.1) is 0 Å². The Morgan fingerprint density at radius 2 is 2.03 bits per heavy atom. The Hall–Kier alpha value is -2.24. The third kappa shape index (κ3) is 6.14. The number of anilines is 1. The average Bonchev–Trinajstić information content (AvgIpc) is 3.17. The quantitative estimate of drug-likeness (QED) is 0.529. The van der Waals surface area contributed by atoms with E-state index in [2.05, 4.69) is 46.7 Å². The molecule has 1 heterocycles. The Balaban J connectivity index is 1.68. The zero-order valence-corrected chi connectivity index (χ0v) is 19.5. The largest absolute Gasteiger partial charge is 0.496 e. The number of rotatable bonds is 10. The van der Waals surface area contributed by atoms with Gasteiger partial charge in [-0.25, -0.2) is 0 Å². The van der Waals surface area contributed by atoms with E-state index in [9.17, 15) is 4.79 Å². The van der Waals surface area contributed by atoms with E-state index in [1.54, 1.807) is 26.3 Å². The molecule has 31 heavy (non-hydrogen) atoms. The number of carbonyl (C=O) groups excluding carboxylic acids is 1. The molecule has 0 spiro atoms. The van der Waals surface area contributed by atoms with Crippen molar-refractivity contribution in [2.75, 3.05) is 32.6 Å². The van der Waals surface area contributed by atoms with E-state index < -0.39 is 0 Å². The lowest BCUT2D eigenvalue weighted by molar-refractivity contribution is 0.0937. The minimum atomic E-state index is -0.155. The molecule has 6 heteroatoms. The van der Waals surface area contributed by atoms with Gasteiger partial charge < -0.3 is 15.4 Å². The highest BCUT2D eigenvalue weighted by Gasteiger charge is 2.32. The summed E-state index contributed by atoms with van der Waals surface area (Å²) in [7, 11) is 3.35. The van der Waals surface area contributed by atoms with Crippen molar-refractivity contribution in [1.29, 1.82) is 0 Å². The Morgan fingerprint density at radius 1 is 1.26 bits per heavy atom. The first-order valence-electron chi connectivity index (χ1n) is 11.2. The van der Waals surface area contributed by atoms with Gasteiger partial charge in [0.05, 0.1) is 23.4 Å². The van der Waals surface area contributed by atoms with E-state index in [4.69, 9.17) is 16.3 Å². The molecule has 1 amide bonds. The Kier molecular flexibility index (Phi) is 8.61. The van der Waals surface area contributed by atoms with Crippen molar-refractivity contribution < 1.29 is 9.53 Å². The molecule has 2 atom stereocenters. The molecule has 0 bridgehead atoms. The van der Waals surface area contributed by atoms with Crippen molar-refractivity contribution in [1.82, 2.24) is 10.2 Å². The maximum Gasteiger partial charge on any atom is 0.255 e. The van der Waals surface area contributed by atoms with Crippen LogP contribution in [0, 0.1) is 5.92 Å². The number of halogens is 1. The van der Waals surface area contributed by atoms with Crippen molar-refractivity contribution in [3.05, 3.63) is 58.6 Å². The van der Waals surface area contributed by atoms with Crippen LogP contribution in [0.1, 0.15) is 48.5 Å². The van der Waals surface area contributed by atoms with Gasteiger partial charge in [0.25, 0.3) is 5.91 Å². The molecule has 2 aromatic carbocycles. The molecule has 1 aliphatic heterocycles. The van der Waals surface area contributed by atoms with Crippen molar-refractivity contribution >= 4 is 23.2 Å². The summed E-state index contributed by atoms with van der Waals surface area (Å²) in [4.78, 5) is 15.5. The summed E-state index contributed by atoms with van der Waals surface area (Å²) in [6, 6.07) is 14.3. The number of amides is 1. The summed E-state index contributed by atoms with van der Waals surface area (Å²) in [6.45, 7) is 4.85. The number of hydrogen-bond acceptors (Lipinski definition) is 4. The predicted octanol–water partition coefficient (Wildman–Crippen LogP) is 5.20. The number of unbranched alkanes of at least 4 members (excludes halogenated alkanes) is 1. The zero-order chi connectivity index (χ0) is 22.2. The van der Waals surface area contributed by atoms with Gasteiger partial charge in [0.2, 0.25) is 0 Å². The summed E-state index contributed by atoms with van der Waals surface area (Å²) in [6.07, 6.45) is 4.85. The highest BCUT2D eigenvalue weighted by Crippen LogP contribution is 2.31. The van der Waals surface area contributed by atoms with Crippen molar-refractivity contribution in [2.45, 2.75) is 45.2 Å². The molecule has 168 valence electrons. The van der Waals surface area contributed by atoms with Gasteiger partial charge in [0, 0.05) is 38.8 Å². The first kappa shape index (κ1) is 23.4. The number of ether oxygens (including phenoxy) is 1. The lowest BCUT2D eigenvalue weighted by atomic mass is 9.99. The molecule has 0 aromatic heterocycles. The topological polar surface area (TPSA) is 53.6 Å². The van der Waals surface area contributed by atoms with Crippen LogP contribution in [0.15, 0.2) is 42.5 Å². The van der Waals surface area contributed by atoms with Gasteiger partial charge in [0.15, 0.2) is 0 Å². The molecule has 1 fully saturated rings. The van der Waals surface area contributed by atoms with Crippen LogP contribution in [0.5, 0.6) is 5.75 Å². The van der Waals surface area contributed by atoms with Gasteiger partial charge in [-0.1, -0.05) is 61.7 Å². The minimum Gasteiger partial charge on any atom is -0.496 e. The van der Waals surface area contributed by atoms with Crippen LogP contribution in [-0.4, -0.2) is 44.1 Å². The molecule has 1 aliphatic rings. The van der Waals surface area contributed by atoms with Crippen molar-refractivity contribution in [3.8, 4) is 5.75 Å². The molecular formula is C25H34ClN3O2. The predicted molar refractivity (Wildman–Crippen MR) is 128 cm³/mol. The van der Waals surface area contributed by atoms with Crippen LogP contribution in [0.4, 0.5) is 5.69 Å². The number of nitrogens with zero attached hydrogens (tertiary/aromatic N) is 1. The Labute approximate surface area is 191 Å². The van der Waals surface area contributed by atoms with E-state index in [1.165, 1.54) is 24.8 Å². The van der Waals surface area contributed by atoms with E-state index >= 15 is 0 Å². The fourth-order valence-corrected chi connectivity index (χ4v) is 4.67. The smallest absolute Gasteiger partial charge is 0.255 e. The normalized spacial score (nSPS) is 18.7. The maximum absolute atomic E-state index is 13.0. The fraction of sp³-hybridized carbons (Fsp3) is 0.480. The zero-order valence-electron chi connectivity index (χ0n) is 18.8. The number of hydrogen-bond donors (Lipinski definition) is 2. The Morgan fingerprint density at radius 3 is 2.71 bits per heavy atom. The molecule has 5 nitrogen and oxygen atoms in total. The van der Waals surface area contributed by atoms with Crippen molar-refractivity contribution in [2.24, 2.45) is 5.92 Å². The third-order valence-electron chi connectivity index (χ3n) is 6.11. The molecular weight excluding hydrogens is 410 g/mol. The summed E-state index contributed by atoms with van der Waals surface area (Å²) in [5.41, 5.74) is 2.51. The number of likely N-dealkylation sites (tertiary alicyclic amines) is 1. The van der Waals surface area contributed by atoms with E-state index in [-0.39, 0.29) is 5.91 Å².